The monoisotopic (exact) mass is 256 g/mol. The van der Waals surface area contributed by atoms with Crippen LogP contribution in [0.5, 0.6) is 0 Å². The van der Waals surface area contributed by atoms with Gasteiger partial charge in [0.1, 0.15) is 0 Å². The molecule has 1 aliphatic carbocycles. The Morgan fingerprint density at radius 1 is 1.32 bits per heavy atom. The summed E-state index contributed by atoms with van der Waals surface area (Å²) >= 11 is 0. The normalized spacial score (nSPS) is 19.1. The van der Waals surface area contributed by atoms with E-state index in [1.165, 1.54) is 6.42 Å². The average Bonchev–Trinajstić information content (AvgIpc) is 2.37. The van der Waals surface area contributed by atoms with E-state index in [0.717, 1.165) is 35.0 Å². The second kappa shape index (κ2) is 4.58. The van der Waals surface area contributed by atoms with Gasteiger partial charge in [0, 0.05) is 23.0 Å². The molecule has 0 radical (unpaired) electrons. The van der Waals surface area contributed by atoms with E-state index in [-0.39, 0.29) is 5.41 Å². The molecule has 0 spiro atoms. The Bertz CT molecular complexity index is 599. The minimum absolute atomic E-state index is 0.105. The lowest BCUT2D eigenvalue weighted by atomic mass is 9.63. The van der Waals surface area contributed by atoms with Gasteiger partial charge in [0.2, 0.25) is 0 Å². The summed E-state index contributed by atoms with van der Waals surface area (Å²) in [5.74, 6) is 0. The summed E-state index contributed by atoms with van der Waals surface area (Å²) in [7, 11) is 0. The highest BCUT2D eigenvalue weighted by molar-refractivity contribution is 5.79. The Balaban J connectivity index is 1.99. The molecule has 0 bridgehead atoms. The van der Waals surface area contributed by atoms with Crippen molar-refractivity contribution in [1.29, 1.82) is 0 Å². The summed E-state index contributed by atoms with van der Waals surface area (Å²) in [6.45, 7) is 2.54. The summed E-state index contributed by atoms with van der Waals surface area (Å²) < 4.78 is 0. The molecule has 1 heterocycles. The third kappa shape index (κ3) is 2.03. The van der Waals surface area contributed by atoms with Crippen LogP contribution in [0.4, 0.5) is 0 Å². The second-order valence-electron chi connectivity index (χ2n) is 5.73. The van der Waals surface area contributed by atoms with Gasteiger partial charge in [0.25, 0.3) is 0 Å². The quantitative estimate of drug-likeness (QED) is 0.887. The van der Waals surface area contributed by atoms with E-state index in [9.17, 15) is 5.11 Å². The van der Waals surface area contributed by atoms with Gasteiger partial charge >= 0.3 is 0 Å². The summed E-state index contributed by atoms with van der Waals surface area (Å²) in [5, 5.41) is 11.7. The summed E-state index contributed by atoms with van der Waals surface area (Å²) in [6.07, 6.45) is 2.75. The summed E-state index contributed by atoms with van der Waals surface area (Å²) in [4.78, 5) is 4.49. The van der Waals surface area contributed by atoms with E-state index in [4.69, 9.17) is 5.73 Å². The number of hydrogen-bond donors (Lipinski definition) is 2. The molecule has 19 heavy (non-hydrogen) atoms. The van der Waals surface area contributed by atoms with Crippen LogP contribution in [0.1, 0.15) is 36.6 Å². The molecule has 0 saturated heterocycles. The highest BCUT2D eigenvalue weighted by Crippen LogP contribution is 2.49. The van der Waals surface area contributed by atoms with Crippen LogP contribution in [0.25, 0.3) is 10.9 Å². The first-order chi connectivity index (χ1) is 9.14. The molecule has 100 valence electrons. The van der Waals surface area contributed by atoms with Crippen molar-refractivity contribution < 1.29 is 5.11 Å². The van der Waals surface area contributed by atoms with E-state index in [1.54, 1.807) is 0 Å². The van der Waals surface area contributed by atoms with Crippen molar-refractivity contribution in [3.63, 3.8) is 0 Å². The van der Waals surface area contributed by atoms with Crippen molar-refractivity contribution in [2.75, 3.05) is 6.54 Å². The smallest absolute Gasteiger partial charge is 0.0858 e. The Kier molecular flexibility index (Phi) is 3.03. The third-order valence-corrected chi connectivity index (χ3v) is 4.50. The number of aromatic nitrogens is 1. The van der Waals surface area contributed by atoms with Gasteiger partial charge in [-0.05, 0) is 43.5 Å². The molecular weight excluding hydrogens is 236 g/mol. The number of fused-ring (bicyclic) bond motifs is 1. The molecule has 1 fully saturated rings. The molecule has 2 aromatic rings. The fourth-order valence-electron chi connectivity index (χ4n) is 2.99. The largest absolute Gasteiger partial charge is 0.388 e. The zero-order chi connectivity index (χ0) is 13.5. The van der Waals surface area contributed by atoms with Gasteiger partial charge in [-0.2, -0.15) is 0 Å². The Hall–Kier alpha value is -1.45. The van der Waals surface area contributed by atoms with Crippen LogP contribution in [-0.2, 0) is 0 Å². The van der Waals surface area contributed by atoms with Gasteiger partial charge in [0.05, 0.1) is 11.6 Å². The number of hydrogen-bond acceptors (Lipinski definition) is 3. The first kappa shape index (κ1) is 12.6. The number of aryl methyl sites for hydroxylation is 1. The predicted octanol–water partition coefficient (Wildman–Crippen LogP) is 2.71. The standard InChI is InChI=1S/C16H20N2O/c1-11-3-4-12-9-13(5-6-14(12)18-11)15(19)16(10-17)7-2-8-16/h3-6,9,15,19H,2,7-8,10,17H2,1H3. The van der Waals surface area contributed by atoms with Gasteiger partial charge in [-0.3, -0.25) is 4.98 Å². The highest BCUT2D eigenvalue weighted by atomic mass is 16.3. The average molecular weight is 256 g/mol. The molecule has 1 aliphatic rings. The maximum atomic E-state index is 10.6. The summed E-state index contributed by atoms with van der Waals surface area (Å²) in [5.41, 5.74) is 8.71. The van der Waals surface area contributed by atoms with Gasteiger partial charge in [-0.25, -0.2) is 0 Å². The van der Waals surface area contributed by atoms with Crippen molar-refractivity contribution in [3.8, 4) is 0 Å². The Morgan fingerprint density at radius 3 is 2.74 bits per heavy atom. The predicted molar refractivity (Wildman–Crippen MR) is 76.8 cm³/mol. The second-order valence-corrected chi connectivity index (χ2v) is 5.73. The number of benzene rings is 1. The number of pyridine rings is 1. The number of aliphatic hydroxyl groups is 1. The number of aliphatic hydroxyl groups excluding tert-OH is 1. The molecule has 3 heteroatoms. The lowest BCUT2D eigenvalue weighted by Crippen LogP contribution is -2.42. The van der Waals surface area contributed by atoms with Crippen LogP contribution >= 0.6 is 0 Å². The lowest BCUT2D eigenvalue weighted by Gasteiger charge is -2.44. The molecule has 1 aromatic carbocycles. The first-order valence-corrected chi connectivity index (χ1v) is 6.90. The first-order valence-electron chi connectivity index (χ1n) is 6.90. The van der Waals surface area contributed by atoms with E-state index >= 15 is 0 Å². The van der Waals surface area contributed by atoms with E-state index in [0.29, 0.717) is 6.54 Å². The van der Waals surface area contributed by atoms with Crippen LogP contribution in [0.3, 0.4) is 0 Å². The zero-order valence-corrected chi connectivity index (χ0v) is 11.3. The Morgan fingerprint density at radius 2 is 2.11 bits per heavy atom. The minimum Gasteiger partial charge on any atom is -0.388 e. The van der Waals surface area contributed by atoms with Gasteiger partial charge in [-0.15, -0.1) is 0 Å². The zero-order valence-electron chi connectivity index (χ0n) is 11.3. The van der Waals surface area contributed by atoms with E-state index in [2.05, 4.69) is 11.1 Å². The van der Waals surface area contributed by atoms with E-state index < -0.39 is 6.10 Å². The SMILES string of the molecule is Cc1ccc2cc(C(O)C3(CN)CCC3)ccc2n1. The van der Waals surface area contributed by atoms with Crippen molar-refractivity contribution in [1.82, 2.24) is 4.98 Å². The molecule has 0 amide bonds. The van der Waals surface area contributed by atoms with E-state index in [1.807, 2.05) is 31.2 Å². The number of rotatable bonds is 3. The lowest BCUT2D eigenvalue weighted by molar-refractivity contribution is -0.0296. The van der Waals surface area contributed by atoms with Crippen molar-refractivity contribution in [2.45, 2.75) is 32.3 Å². The topological polar surface area (TPSA) is 59.1 Å². The molecule has 3 rings (SSSR count). The molecule has 1 unspecified atom stereocenters. The van der Waals surface area contributed by atoms with Gasteiger partial charge in [-0.1, -0.05) is 18.6 Å². The van der Waals surface area contributed by atoms with Crippen molar-refractivity contribution >= 4 is 10.9 Å². The van der Waals surface area contributed by atoms with Crippen molar-refractivity contribution in [3.05, 3.63) is 41.6 Å². The van der Waals surface area contributed by atoms with Gasteiger partial charge in [0.15, 0.2) is 0 Å². The molecule has 0 aliphatic heterocycles. The number of nitrogens with two attached hydrogens (primary N) is 1. The van der Waals surface area contributed by atoms with Crippen LogP contribution in [0, 0.1) is 12.3 Å². The highest BCUT2D eigenvalue weighted by Gasteiger charge is 2.42. The van der Waals surface area contributed by atoms with Crippen molar-refractivity contribution in [2.24, 2.45) is 11.1 Å². The Labute approximate surface area is 113 Å². The van der Waals surface area contributed by atoms with Gasteiger partial charge < -0.3 is 10.8 Å². The molecule has 1 aromatic heterocycles. The fourth-order valence-corrected chi connectivity index (χ4v) is 2.99. The summed E-state index contributed by atoms with van der Waals surface area (Å²) in [6, 6.07) is 10.1. The molecule has 3 N–H and O–H groups in total. The third-order valence-electron chi connectivity index (χ3n) is 4.50. The van der Waals surface area contributed by atoms with Crippen LogP contribution in [0.15, 0.2) is 30.3 Å². The maximum Gasteiger partial charge on any atom is 0.0858 e. The minimum atomic E-state index is -0.461. The molecule has 1 atom stereocenters. The molecular formula is C16H20N2O. The number of nitrogens with zero attached hydrogens (tertiary/aromatic N) is 1. The van der Waals surface area contributed by atoms with Crippen LogP contribution < -0.4 is 5.73 Å². The van der Waals surface area contributed by atoms with Crippen LogP contribution in [-0.4, -0.2) is 16.6 Å². The molecule has 1 saturated carbocycles. The molecule has 3 nitrogen and oxygen atoms in total. The fraction of sp³-hybridized carbons (Fsp3) is 0.438. The van der Waals surface area contributed by atoms with Crippen LogP contribution in [0.2, 0.25) is 0 Å². The maximum absolute atomic E-state index is 10.6.